The van der Waals surface area contributed by atoms with Crippen molar-refractivity contribution in [3.8, 4) is 0 Å². The number of nitrogens with one attached hydrogen (secondary N) is 1. The smallest absolute Gasteiger partial charge is 0.0534 e. The van der Waals surface area contributed by atoms with E-state index in [1.54, 1.807) is 0 Å². The molecule has 96 valence electrons. The molecule has 2 rings (SSSR count). The highest BCUT2D eigenvalue weighted by atomic mass is 15.3. The molecule has 0 atom stereocenters. The molecule has 1 aromatic heterocycles. The summed E-state index contributed by atoms with van der Waals surface area (Å²) in [5, 5.41) is 7.94. The summed E-state index contributed by atoms with van der Waals surface area (Å²) in [5.74, 6) is 0. The molecule has 4 nitrogen and oxygen atoms in total. The Kier molecular flexibility index (Phi) is 4.57. The minimum absolute atomic E-state index is 0.431. The van der Waals surface area contributed by atoms with Crippen LogP contribution in [0, 0.1) is 0 Å². The van der Waals surface area contributed by atoms with Gasteiger partial charge in [-0.3, -0.25) is 4.68 Å². The molecule has 1 heterocycles. The third-order valence-corrected chi connectivity index (χ3v) is 3.51. The SMILES string of the molecule is CCCn1cc(CNC2CCC(N)CC2)cn1. The van der Waals surface area contributed by atoms with Crippen molar-refractivity contribution < 1.29 is 0 Å². The summed E-state index contributed by atoms with van der Waals surface area (Å²) in [4.78, 5) is 0. The molecule has 3 N–H and O–H groups in total. The zero-order chi connectivity index (χ0) is 12.1. The molecule has 1 saturated carbocycles. The standard InChI is InChI=1S/C13H24N4/c1-2-7-17-10-11(9-16-17)8-15-13-5-3-12(14)4-6-13/h9-10,12-13,15H,2-8,14H2,1H3. The Morgan fingerprint density at radius 1 is 1.41 bits per heavy atom. The highest BCUT2D eigenvalue weighted by Crippen LogP contribution is 2.17. The van der Waals surface area contributed by atoms with Crippen molar-refractivity contribution in [1.82, 2.24) is 15.1 Å². The Balaban J connectivity index is 1.73. The van der Waals surface area contributed by atoms with Crippen LogP contribution in [0.5, 0.6) is 0 Å². The quantitative estimate of drug-likeness (QED) is 0.817. The first kappa shape index (κ1) is 12.6. The Labute approximate surface area is 104 Å². The number of hydrogen-bond donors (Lipinski definition) is 2. The molecular weight excluding hydrogens is 212 g/mol. The summed E-state index contributed by atoms with van der Waals surface area (Å²) >= 11 is 0. The molecule has 0 amide bonds. The van der Waals surface area contributed by atoms with Gasteiger partial charge in [0.2, 0.25) is 0 Å². The normalized spacial score (nSPS) is 25.1. The molecule has 1 aliphatic rings. The molecule has 1 fully saturated rings. The van der Waals surface area contributed by atoms with Crippen LogP contribution in [0.2, 0.25) is 0 Å². The predicted octanol–water partition coefficient (Wildman–Crippen LogP) is 1.65. The molecule has 0 spiro atoms. The second-order valence-corrected chi connectivity index (χ2v) is 5.10. The summed E-state index contributed by atoms with van der Waals surface area (Å²) in [6, 6.07) is 1.07. The first-order valence-electron chi connectivity index (χ1n) is 6.78. The Morgan fingerprint density at radius 2 is 2.18 bits per heavy atom. The molecule has 0 aliphatic heterocycles. The van der Waals surface area contributed by atoms with Gasteiger partial charge in [-0.2, -0.15) is 5.10 Å². The lowest BCUT2D eigenvalue weighted by Gasteiger charge is -2.26. The third-order valence-electron chi connectivity index (χ3n) is 3.51. The van der Waals surface area contributed by atoms with Crippen molar-refractivity contribution in [2.45, 2.75) is 64.2 Å². The van der Waals surface area contributed by atoms with Gasteiger partial charge < -0.3 is 11.1 Å². The van der Waals surface area contributed by atoms with Crippen molar-refractivity contribution in [3.63, 3.8) is 0 Å². The van der Waals surface area contributed by atoms with E-state index in [2.05, 4.69) is 23.5 Å². The molecule has 17 heavy (non-hydrogen) atoms. The number of rotatable bonds is 5. The first-order valence-corrected chi connectivity index (χ1v) is 6.78. The third kappa shape index (κ3) is 3.82. The van der Waals surface area contributed by atoms with Crippen molar-refractivity contribution in [2.75, 3.05) is 0 Å². The fraction of sp³-hybridized carbons (Fsp3) is 0.769. The number of nitrogens with zero attached hydrogens (tertiary/aromatic N) is 2. The largest absolute Gasteiger partial charge is 0.328 e. The van der Waals surface area contributed by atoms with E-state index in [0.717, 1.165) is 32.4 Å². The van der Waals surface area contributed by atoms with Gasteiger partial charge >= 0.3 is 0 Å². The lowest BCUT2D eigenvalue weighted by molar-refractivity contribution is 0.342. The molecule has 4 heteroatoms. The second-order valence-electron chi connectivity index (χ2n) is 5.10. The van der Waals surface area contributed by atoms with Crippen molar-refractivity contribution in [1.29, 1.82) is 0 Å². The second kappa shape index (κ2) is 6.17. The maximum atomic E-state index is 5.90. The van der Waals surface area contributed by atoms with Crippen LogP contribution in [0.4, 0.5) is 0 Å². The van der Waals surface area contributed by atoms with E-state index in [1.807, 2.05) is 10.9 Å². The number of aryl methyl sites for hydroxylation is 1. The van der Waals surface area contributed by atoms with E-state index in [4.69, 9.17) is 5.73 Å². The Morgan fingerprint density at radius 3 is 2.88 bits per heavy atom. The zero-order valence-electron chi connectivity index (χ0n) is 10.7. The molecule has 0 aromatic carbocycles. The highest BCUT2D eigenvalue weighted by Gasteiger charge is 2.17. The van der Waals surface area contributed by atoms with E-state index in [9.17, 15) is 0 Å². The van der Waals surface area contributed by atoms with Crippen molar-refractivity contribution >= 4 is 0 Å². The van der Waals surface area contributed by atoms with Gasteiger partial charge in [-0.05, 0) is 32.1 Å². The maximum Gasteiger partial charge on any atom is 0.0534 e. The highest BCUT2D eigenvalue weighted by molar-refractivity contribution is 5.03. The summed E-state index contributed by atoms with van der Waals surface area (Å²) in [7, 11) is 0. The van der Waals surface area contributed by atoms with Crippen LogP contribution in [0.1, 0.15) is 44.6 Å². The lowest BCUT2D eigenvalue weighted by atomic mass is 9.92. The number of aromatic nitrogens is 2. The summed E-state index contributed by atoms with van der Waals surface area (Å²) < 4.78 is 2.02. The number of hydrogen-bond acceptors (Lipinski definition) is 3. The van der Waals surface area contributed by atoms with Crippen molar-refractivity contribution in [3.05, 3.63) is 18.0 Å². The molecule has 1 aromatic rings. The van der Waals surface area contributed by atoms with E-state index in [-0.39, 0.29) is 0 Å². The van der Waals surface area contributed by atoms with Gasteiger partial charge in [0.15, 0.2) is 0 Å². The molecule has 0 radical (unpaired) electrons. The van der Waals surface area contributed by atoms with E-state index in [0.29, 0.717) is 12.1 Å². The summed E-state index contributed by atoms with van der Waals surface area (Å²) in [6.45, 7) is 4.12. The number of nitrogens with two attached hydrogens (primary N) is 1. The van der Waals surface area contributed by atoms with Gasteiger partial charge in [-0.1, -0.05) is 6.92 Å². The van der Waals surface area contributed by atoms with Crippen molar-refractivity contribution in [2.24, 2.45) is 5.73 Å². The minimum Gasteiger partial charge on any atom is -0.328 e. The van der Waals surface area contributed by atoms with Crippen LogP contribution in [-0.2, 0) is 13.1 Å². The molecule has 1 aliphatic carbocycles. The zero-order valence-corrected chi connectivity index (χ0v) is 10.7. The van der Waals surface area contributed by atoms with E-state index < -0.39 is 0 Å². The van der Waals surface area contributed by atoms with Gasteiger partial charge in [-0.15, -0.1) is 0 Å². The fourth-order valence-corrected chi connectivity index (χ4v) is 2.43. The van der Waals surface area contributed by atoms with Crippen LogP contribution >= 0.6 is 0 Å². The predicted molar refractivity (Wildman–Crippen MR) is 69.6 cm³/mol. The van der Waals surface area contributed by atoms with Gasteiger partial charge in [0.25, 0.3) is 0 Å². The monoisotopic (exact) mass is 236 g/mol. The molecule has 0 bridgehead atoms. The first-order chi connectivity index (χ1) is 8.28. The molecular formula is C13H24N4. The summed E-state index contributed by atoms with van der Waals surface area (Å²) in [5.41, 5.74) is 7.19. The van der Waals surface area contributed by atoms with Gasteiger partial charge in [0, 0.05) is 36.9 Å². The topological polar surface area (TPSA) is 55.9 Å². The fourth-order valence-electron chi connectivity index (χ4n) is 2.43. The van der Waals surface area contributed by atoms with Crippen LogP contribution in [0.3, 0.4) is 0 Å². The van der Waals surface area contributed by atoms with Gasteiger partial charge in [-0.25, -0.2) is 0 Å². The van der Waals surface area contributed by atoms with Crippen LogP contribution in [0.25, 0.3) is 0 Å². The van der Waals surface area contributed by atoms with E-state index >= 15 is 0 Å². The summed E-state index contributed by atoms with van der Waals surface area (Å²) in [6.07, 6.45) is 9.99. The Hall–Kier alpha value is -0.870. The van der Waals surface area contributed by atoms with Gasteiger partial charge in [0.05, 0.1) is 6.20 Å². The average Bonchev–Trinajstić information content (AvgIpc) is 2.77. The Bertz CT molecular complexity index is 326. The maximum absolute atomic E-state index is 5.90. The molecule has 0 unspecified atom stereocenters. The molecule has 0 saturated heterocycles. The lowest BCUT2D eigenvalue weighted by Crippen LogP contribution is -2.36. The van der Waals surface area contributed by atoms with Crippen LogP contribution in [-0.4, -0.2) is 21.9 Å². The van der Waals surface area contributed by atoms with Crippen LogP contribution < -0.4 is 11.1 Å². The van der Waals surface area contributed by atoms with E-state index in [1.165, 1.54) is 18.4 Å². The van der Waals surface area contributed by atoms with Crippen LogP contribution in [0.15, 0.2) is 12.4 Å². The minimum atomic E-state index is 0.431. The van der Waals surface area contributed by atoms with Gasteiger partial charge in [0.1, 0.15) is 0 Å². The average molecular weight is 236 g/mol.